The van der Waals surface area contributed by atoms with Crippen molar-refractivity contribution in [1.82, 2.24) is 0 Å². The molecule has 75 heavy (non-hydrogen) atoms. The van der Waals surface area contributed by atoms with E-state index in [2.05, 4.69) is 75.5 Å². The predicted molar refractivity (Wildman–Crippen MR) is 303 cm³/mol. The lowest BCUT2D eigenvalue weighted by Gasteiger charge is -2.40. The number of carboxylic acid groups (broad SMARTS) is 1. The van der Waals surface area contributed by atoms with Crippen molar-refractivity contribution in [3.8, 4) is 0 Å². The number of aliphatic carboxylic acids is 1. The van der Waals surface area contributed by atoms with Gasteiger partial charge in [-0.15, -0.1) is 0 Å². The molecule has 0 amide bonds. The average molecular weight is 1060 g/mol. The molecule has 0 saturated carbocycles. The maximum Gasteiger partial charge on any atom is 0.335 e. The number of allylic oxidation sites excluding steroid dienone is 12. The number of esters is 3. The van der Waals surface area contributed by atoms with E-state index >= 15 is 0 Å². The van der Waals surface area contributed by atoms with Gasteiger partial charge in [-0.05, 0) is 96.3 Å². The molecule has 1 heterocycles. The molecule has 0 aromatic rings. The Hall–Kier alpha value is -3.84. The van der Waals surface area contributed by atoms with E-state index in [0.717, 1.165) is 83.5 Å². The van der Waals surface area contributed by atoms with Crippen LogP contribution in [0.4, 0.5) is 0 Å². The number of carboxylic acids is 1. The molecule has 0 aromatic carbocycles. The summed E-state index contributed by atoms with van der Waals surface area (Å²) in [6.07, 6.45) is 51.8. The van der Waals surface area contributed by atoms with Gasteiger partial charge in [0.25, 0.3) is 0 Å². The van der Waals surface area contributed by atoms with E-state index in [1.807, 2.05) is 18.2 Å². The van der Waals surface area contributed by atoms with Crippen LogP contribution in [0.1, 0.15) is 252 Å². The molecule has 0 bridgehead atoms. The predicted octanol–water partition coefficient (Wildman–Crippen LogP) is 15.3. The molecule has 0 aliphatic carbocycles. The summed E-state index contributed by atoms with van der Waals surface area (Å²) >= 11 is 0. The highest BCUT2D eigenvalue weighted by atomic mass is 16.7. The summed E-state index contributed by atoms with van der Waals surface area (Å²) in [4.78, 5) is 51.1. The molecule has 6 unspecified atom stereocenters. The van der Waals surface area contributed by atoms with E-state index in [4.69, 9.17) is 23.7 Å². The van der Waals surface area contributed by atoms with Crippen LogP contribution >= 0.6 is 0 Å². The normalized spacial score (nSPS) is 18.7. The van der Waals surface area contributed by atoms with Crippen molar-refractivity contribution in [2.75, 3.05) is 13.2 Å². The zero-order chi connectivity index (χ0) is 54.7. The maximum atomic E-state index is 13.1. The van der Waals surface area contributed by atoms with Crippen molar-refractivity contribution in [2.24, 2.45) is 0 Å². The van der Waals surface area contributed by atoms with Gasteiger partial charge in [-0.2, -0.15) is 0 Å². The minimum absolute atomic E-state index is 0.0631. The van der Waals surface area contributed by atoms with Gasteiger partial charge in [0.05, 0.1) is 6.61 Å². The van der Waals surface area contributed by atoms with Crippen molar-refractivity contribution < 1.29 is 58.2 Å². The maximum absolute atomic E-state index is 13.1. The van der Waals surface area contributed by atoms with Crippen LogP contribution in [0, 0.1) is 0 Å². The Bertz CT molecular complexity index is 1580. The molecule has 1 saturated heterocycles. The zero-order valence-electron chi connectivity index (χ0n) is 47.3. The molecule has 0 spiro atoms. The summed E-state index contributed by atoms with van der Waals surface area (Å²) in [6, 6.07) is 0. The Morgan fingerprint density at radius 1 is 0.453 bits per heavy atom. The van der Waals surface area contributed by atoms with Gasteiger partial charge < -0.3 is 39.0 Å². The van der Waals surface area contributed by atoms with E-state index in [-0.39, 0.29) is 25.9 Å². The number of carbonyl (C=O) groups excluding carboxylic acids is 3. The SMILES string of the molecule is CC/C=C\C/C=C\C/C=C\C/C=C\CCC(=O)OC1C(OCC(COC(=O)CCCCCCCCC/C=C\CCCCCCCC)OC(=O)CCCCCCC/C=C\CCCCCCCC)OC(C(=O)O)C(O)C1O. The van der Waals surface area contributed by atoms with Gasteiger partial charge in [-0.1, -0.05) is 209 Å². The number of carbonyl (C=O) groups is 4. The van der Waals surface area contributed by atoms with Crippen molar-refractivity contribution in [1.29, 1.82) is 0 Å². The number of unbranched alkanes of at least 4 members (excludes halogenated alkanes) is 24. The van der Waals surface area contributed by atoms with Gasteiger partial charge >= 0.3 is 23.9 Å². The van der Waals surface area contributed by atoms with Crippen LogP contribution < -0.4 is 0 Å². The number of aliphatic hydroxyl groups is 2. The average Bonchev–Trinajstić information content (AvgIpc) is 3.39. The third kappa shape index (κ3) is 41.0. The van der Waals surface area contributed by atoms with Crippen LogP contribution in [0.3, 0.4) is 0 Å². The number of rotatable bonds is 50. The molecule has 6 atom stereocenters. The largest absolute Gasteiger partial charge is 0.479 e. The Morgan fingerprint density at radius 2 is 0.867 bits per heavy atom. The lowest BCUT2D eigenvalue weighted by atomic mass is 9.98. The van der Waals surface area contributed by atoms with Gasteiger partial charge in [0.15, 0.2) is 24.6 Å². The number of aliphatic hydroxyl groups excluding tert-OH is 2. The van der Waals surface area contributed by atoms with E-state index in [1.54, 1.807) is 0 Å². The summed E-state index contributed by atoms with van der Waals surface area (Å²) < 4.78 is 28.3. The highest BCUT2D eigenvalue weighted by molar-refractivity contribution is 5.74. The molecule has 1 aliphatic heterocycles. The zero-order valence-corrected chi connectivity index (χ0v) is 47.3. The second kappa shape index (κ2) is 50.9. The fraction of sp³-hybridized carbons (Fsp3) is 0.746. The summed E-state index contributed by atoms with van der Waals surface area (Å²) in [5, 5.41) is 31.4. The summed E-state index contributed by atoms with van der Waals surface area (Å²) in [6.45, 7) is 5.83. The molecule has 12 nitrogen and oxygen atoms in total. The molecule has 3 N–H and O–H groups in total. The first kappa shape index (κ1) is 69.2. The Labute approximate surface area is 455 Å². The molecular formula is C63H106O12. The van der Waals surface area contributed by atoms with Crippen LogP contribution in [0.25, 0.3) is 0 Å². The molecule has 12 heteroatoms. The van der Waals surface area contributed by atoms with Gasteiger partial charge in [0.1, 0.15) is 18.8 Å². The monoisotopic (exact) mass is 1050 g/mol. The number of hydrogen-bond donors (Lipinski definition) is 3. The molecule has 1 fully saturated rings. The molecule has 1 rings (SSSR count). The van der Waals surface area contributed by atoms with E-state index < -0.39 is 67.3 Å². The minimum atomic E-state index is -1.93. The van der Waals surface area contributed by atoms with Gasteiger partial charge in [0, 0.05) is 19.3 Å². The lowest BCUT2D eigenvalue weighted by molar-refractivity contribution is -0.301. The Morgan fingerprint density at radius 3 is 1.33 bits per heavy atom. The number of hydrogen-bond acceptors (Lipinski definition) is 11. The second-order valence-electron chi connectivity index (χ2n) is 20.2. The van der Waals surface area contributed by atoms with E-state index in [9.17, 15) is 34.5 Å². The van der Waals surface area contributed by atoms with Gasteiger partial charge in [-0.3, -0.25) is 14.4 Å². The first-order valence-corrected chi connectivity index (χ1v) is 29.9. The lowest BCUT2D eigenvalue weighted by Crippen LogP contribution is -2.61. The molecular weight excluding hydrogens is 949 g/mol. The van der Waals surface area contributed by atoms with Crippen LogP contribution in [0.15, 0.2) is 72.9 Å². The van der Waals surface area contributed by atoms with E-state index in [0.29, 0.717) is 25.7 Å². The summed E-state index contributed by atoms with van der Waals surface area (Å²) in [5.74, 6) is -3.24. The van der Waals surface area contributed by atoms with Crippen molar-refractivity contribution in [3.05, 3.63) is 72.9 Å². The van der Waals surface area contributed by atoms with Crippen LogP contribution in [0.2, 0.25) is 0 Å². The highest BCUT2D eigenvalue weighted by Gasteiger charge is 2.50. The molecule has 1 aliphatic rings. The van der Waals surface area contributed by atoms with Gasteiger partial charge in [-0.25, -0.2) is 4.79 Å². The smallest absolute Gasteiger partial charge is 0.335 e. The third-order valence-corrected chi connectivity index (χ3v) is 13.3. The second-order valence-corrected chi connectivity index (χ2v) is 20.2. The van der Waals surface area contributed by atoms with Gasteiger partial charge in [0.2, 0.25) is 0 Å². The van der Waals surface area contributed by atoms with Crippen LogP contribution in [0.5, 0.6) is 0 Å². The Balaban J connectivity index is 2.72. The van der Waals surface area contributed by atoms with Crippen LogP contribution in [-0.4, -0.2) is 89.2 Å². The molecule has 430 valence electrons. The third-order valence-electron chi connectivity index (χ3n) is 13.3. The standard InChI is InChI=1S/C63H106O12/c1-4-7-10-13-16-19-22-25-27-28-30-32-34-37-40-43-46-49-55(64)71-52-54(73-56(65)50-47-44-41-38-36-33-29-26-23-20-17-14-11-8-5-2)53-72-63-61(59(68)58(67)60(75-63)62(69)70)74-57(66)51-48-45-42-39-35-31-24-21-18-15-12-9-6-3/h9,12,18,21,25-27,29,31,35,42,45,54,58-61,63,67-68H,4-8,10-11,13-17,19-20,22-24,28,30,32-34,36-41,43-44,46-53H2,1-3H3,(H,69,70)/b12-9-,21-18-,27-25-,29-26-,35-31-,45-42-. The summed E-state index contributed by atoms with van der Waals surface area (Å²) in [7, 11) is 0. The highest BCUT2D eigenvalue weighted by Crippen LogP contribution is 2.26. The van der Waals surface area contributed by atoms with Crippen molar-refractivity contribution >= 4 is 23.9 Å². The fourth-order valence-corrected chi connectivity index (χ4v) is 8.66. The number of ether oxygens (including phenoxy) is 5. The first-order valence-electron chi connectivity index (χ1n) is 29.9. The topological polar surface area (TPSA) is 175 Å². The first-order chi connectivity index (χ1) is 36.6. The van der Waals surface area contributed by atoms with Crippen molar-refractivity contribution in [2.45, 2.75) is 289 Å². The van der Waals surface area contributed by atoms with Crippen molar-refractivity contribution in [3.63, 3.8) is 0 Å². The van der Waals surface area contributed by atoms with E-state index in [1.165, 1.54) is 103 Å². The molecule has 0 aromatic heterocycles. The Kier molecular flexibility index (Phi) is 47.0. The minimum Gasteiger partial charge on any atom is -0.479 e. The fourth-order valence-electron chi connectivity index (χ4n) is 8.66. The molecule has 0 radical (unpaired) electrons. The summed E-state index contributed by atoms with van der Waals surface area (Å²) in [5.41, 5.74) is 0. The van der Waals surface area contributed by atoms with Crippen LogP contribution in [-0.2, 0) is 42.9 Å². The quantitative estimate of drug-likeness (QED) is 0.0228.